The Morgan fingerprint density at radius 1 is 0.878 bits per heavy atom. The van der Waals surface area contributed by atoms with E-state index in [2.05, 4.69) is 16.0 Å². The van der Waals surface area contributed by atoms with Crippen LogP contribution in [0.1, 0.15) is 48.2 Å². The molecule has 3 N–H and O–H groups in total. The maximum Gasteiger partial charge on any atom is 0.412 e. The highest BCUT2D eigenvalue weighted by Gasteiger charge is 2.67. The van der Waals surface area contributed by atoms with Crippen LogP contribution in [0, 0.1) is 18.7 Å². The monoisotopic (exact) mass is 639 g/mol. The van der Waals surface area contributed by atoms with Gasteiger partial charge in [-0.15, -0.1) is 23.2 Å². The molecule has 41 heavy (non-hydrogen) atoms. The Hall–Kier alpha value is -3.04. The van der Waals surface area contributed by atoms with Gasteiger partial charge in [-0.2, -0.15) is 0 Å². The van der Waals surface area contributed by atoms with Gasteiger partial charge in [0.2, 0.25) is 5.91 Å². The third kappa shape index (κ3) is 7.25. The van der Waals surface area contributed by atoms with Gasteiger partial charge in [0, 0.05) is 23.0 Å². The SMILES string of the molecule is Cc1cc(NC(=O)OC(C)(C)C)ccc1NC(=O)c1cc(NC(=O)C2C(c3ccc(F)c(Cl)c3)C2(Cl)Cl)ccc1Cl. The zero-order chi connectivity index (χ0) is 30.3. The van der Waals surface area contributed by atoms with Crippen LogP contribution in [0.2, 0.25) is 10.0 Å². The third-order valence-corrected chi connectivity index (χ3v) is 7.80. The van der Waals surface area contributed by atoms with Crippen LogP contribution in [0.4, 0.5) is 26.2 Å². The lowest BCUT2D eigenvalue weighted by atomic mass is 10.1. The smallest absolute Gasteiger partial charge is 0.412 e. The summed E-state index contributed by atoms with van der Waals surface area (Å²) < 4.78 is 17.4. The molecule has 0 aliphatic heterocycles. The first-order valence-corrected chi connectivity index (χ1v) is 13.9. The molecule has 0 saturated heterocycles. The van der Waals surface area contributed by atoms with E-state index >= 15 is 0 Å². The second kappa shape index (κ2) is 11.7. The van der Waals surface area contributed by atoms with Crippen molar-refractivity contribution >= 4 is 81.4 Å². The van der Waals surface area contributed by atoms with E-state index in [1.807, 2.05) is 0 Å². The van der Waals surface area contributed by atoms with Gasteiger partial charge in [0.1, 0.15) is 15.8 Å². The lowest BCUT2D eigenvalue weighted by Gasteiger charge is -2.20. The Labute approximate surface area is 256 Å². The summed E-state index contributed by atoms with van der Waals surface area (Å²) in [5.41, 5.74) is 1.95. The molecule has 0 heterocycles. The van der Waals surface area contributed by atoms with Crippen molar-refractivity contribution in [1.82, 2.24) is 0 Å². The summed E-state index contributed by atoms with van der Waals surface area (Å²) in [6, 6.07) is 13.4. The van der Waals surface area contributed by atoms with Crippen molar-refractivity contribution in [3.63, 3.8) is 0 Å². The molecule has 3 aromatic carbocycles. The van der Waals surface area contributed by atoms with E-state index in [9.17, 15) is 18.8 Å². The van der Waals surface area contributed by atoms with E-state index < -0.39 is 45.5 Å². The van der Waals surface area contributed by atoms with Gasteiger partial charge in [0.25, 0.3) is 5.91 Å². The van der Waals surface area contributed by atoms with Crippen LogP contribution in [-0.4, -0.2) is 27.8 Å². The highest BCUT2D eigenvalue weighted by atomic mass is 35.5. The molecule has 1 aliphatic carbocycles. The first-order chi connectivity index (χ1) is 19.1. The summed E-state index contributed by atoms with van der Waals surface area (Å²) in [6.07, 6.45) is -0.598. The summed E-state index contributed by atoms with van der Waals surface area (Å²) in [4.78, 5) is 38.2. The van der Waals surface area contributed by atoms with Crippen molar-refractivity contribution in [2.75, 3.05) is 16.0 Å². The van der Waals surface area contributed by atoms with E-state index in [1.54, 1.807) is 45.9 Å². The number of alkyl halides is 2. The van der Waals surface area contributed by atoms with E-state index in [0.717, 1.165) is 0 Å². The fraction of sp³-hybridized carbons (Fsp3) is 0.276. The maximum atomic E-state index is 13.6. The fourth-order valence-electron chi connectivity index (χ4n) is 4.26. The van der Waals surface area contributed by atoms with Crippen LogP contribution in [-0.2, 0) is 9.53 Å². The molecule has 2 unspecified atom stereocenters. The van der Waals surface area contributed by atoms with Crippen LogP contribution in [0.5, 0.6) is 0 Å². The fourth-order valence-corrected chi connectivity index (χ4v) is 5.48. The largest absolute Gasteiger partial charge is 0.444 e. The predicted octanol–water partition coefficient (Wildman–Crippen LogP) is 8.57. The van der Waals surface area contributed by atoms with Gasteiger partial charge in [-0.05, 0) is 87.4 Å². The number of carbonyl (C=O) groups excluding carboxylic acids is 3. The van der Waals surface area contributed by atoms with Crippen molar-refractivity contribution in [3.8, 4) is 0 Å². The Morgan fingerprint density at radius 3 is 2.17 bits per heavy atom. The minimum absolute atomic E-state index is 0.102. The number of halogens is 5. The van der Waals surface area contributed by atoms with E-state index in [-0.39, 0.29) is 15.6 Å². The number of hydrogen-bond donors (Lipinski definition) is 3. The van der Waals surface area contributed by atoms with E-state index in [0.29, 0.717) is 28.2 Å². The van der Waals surface area contributed by atoms with E-state index in [1.165, 1.54) is 36.4 Å². The molecule has 4 rings (SSSR count). The van der Waals surface area contributed by atoms with Gasteiger partial charge in [-0.25, -0.2) is 9.18 Å². The van der Waals surface area contributed by atoms with Gasteiger partial charge in [0.05, 0.1) is 21.5 Å². The summed E-state index contributed by atoms with van der Waals surface area (Å²) in [5.74, 6) is -3.04. The first-order valence-electron chi connectivity index (χ1n) is 12.4. The molecule has 1 saturated carbocycles. The highest BCUT2D eigenvalue weighted by molar-refractivity contribution is 6.53. The first kappa shape index (κ1) is 30.9. The minimum atomic E-state index is -1.42. The molecule has 0 bridgehead atoms. The summed E-state index contributed by atoms with van der Waals surface area (Å²) >= 11 is 25.0. The van der Waals surface area contributed by atoms with Crippen LogP contribution in [0.25, 0.3) is 0 Å². The van der Waals surface area contributed by atoms with Crippen LogP contribution in [0.15, 0.2) is 54.6 Å². The number of ether oxygens (including phenoxy) is 1. The summed E-state index contributed by atoms with van der Waals surface area (Å²) in [6.45, 7) is 7.05. The molecule has 3 aromatic rings. The van der Waals surface area contributed by atoms with Crippen LogP contribution in [0.3, 0.4) is 0 Å². The minimum Gasteiger partial charge on any atom is -0.444 e. The van der Waals surface area contributed by atoms with Gasteiger partial charge < -0.3 is 15.4 Å². The highest BCUT2D eigenvalue weighted by Crippen LogP contribution is 2.65. The normalized spacial score (nSPS) is 17.4. The predicted molar refractivity (Wildman–Crippen MR) is 161 cm³/mol. The zero-order valence-electron chi connectivity index (χ0n) is 22.4. The van der Waals surface area contributed by atoms with Crippen molar-refractivity contribution < 1.29 is 23.5 Å². The maximum absolute atomic E-state index is 13.6. The molecular weight excluding hydrogens is 615 g/mol. The van der Waals surface area contributed by atoms with Crippen molar-refractivity contribution in [2.45, 2.75) is 43.5 Å². The number of hydrogen-bond acceptors (Lipinski definition) is 4. The van der Waals surface area contributed by atoms with Gasteiger partial charge in [-0.1, -0.05) is 29.3 Å². The Balaban J connectivity index is 1.44. The molecule has 1 aliphatic rings. The molecule has 0 radical (unpaired) electrons. The number of rotatable bonds is 6. The molecule has 3 amide bonds. The molecule has 0 aromatic heterocycles. The molecule has 216 valence electrons. The Bertz CT molecular complexity index is 1540. The molecule has 2 atom stereocenters. The lowest BCUT2D eigenvalue weighted by molar-refractivity contribution is -0.117. The van der Waals surface area contributed by atoms with Gasteiger partial charge in [-0.3, -0.25) is 14.9 Å². The molecule has 7 nitrogen and oxygen atoms in total. The van der Waals surface area contributed by atoms with Crippen molar-refractivity contribution in [2.24, 2.45) is 5.92 Å². The number of benzene rings is 3. The van der Waals surface area contributed by atoms with E-state index in [4.69, 9.17) is 51.1 Å². The van der Waals surface area contributed by atoms with Gasteiger partial charge >= 0.3 is 6.09 Å². The Kier molecular flexibility index (Phi) is 8.81. The zero-order valence-corrected chi connectivity index (χ0v) is 25.4. The molecule has 12 heteroatoms. The Morgan fingerprint density at radius 2 is 1.54 bits per heavy atom. The van der Waals surface area contributed by atoms with Gasteiger partial charge in [0.15, 0.2) is 0 Å². The van der Waals surface area contributed by atoms with Crippen molar-refractivity contribution in [1.29, 1.82) is 0 Å². The second-order valence-corrected chi connectivity index (χ2v) is 12.9. The molecule has 1 fully saturated rings. The number of carbonyl (C=O) groups is 3. The lowest BCUT2D eigenvalue weighted by Crippen LogP contribution is -2.27. The second-order valence-electron chi connectivity index (χ2n) is 10.6. The standard InChI is InChI=1S/C29H26Cl4FN3O4/c1-14-11-16(36-27(40)41-28(2,3)4)7-10-22(14)37-25(38)18-13-17(6-8-19(18)30)35-26(39)24-23(29(24,32)33)15-5-9-21(34)20(31)12-15/h5-13,23-24H,1-4H3,(H,35,39)(H,36,40)(H,37,38). The summed E-state index contributed by atoms with van der Waals surface area (Å²) in [7, 11) is 0. The molecule has 0 spiro atoms. The third-order valence-electron chi connectivity index (χ3n) is 6.24. The van der Waals surface area contributed by atoms with Crippen molar-refractivity contribution in [3.05, 3.63) is 87.2 Å². The average molecular weight is 641 g/mol. The quantitative estimate of drug-likeness (QED) is 0.235. The van der Waals surface area contributed by atoms with Crippen LogP contribution < -0.4 is 16.0 Å². The number of nitrogens with one attached hydrogen (secondary N) is 3. The van der Waals surface area contributed by atoms with Crippen LogP contribution >= 0.6 is 46.4 Å². The summed E-state index contributed by atoms with van der Waals surface area (Å²) in [5, 5.41) is 8.22. The topological polar surface area (TPSA) is 96.5 Å². The average Bonchev–Trinajstić information content (AvgIpc) is 3.44. The number of amides is 3. The molecular formula is C29H26Cl4FN3O4. The number of aryl methyl sites for hydroxylation is 1. The number of anilines is 3.